The van der Waals surface area contributed by atoms with E-state index in [-0.39, 0.29) is 29.7 Å². The number of halogens is 1. The van der Waals surface area contributed by atoms with Gasteiger partial charge >= 0.3 is 0 Å². The van der Waals surface area contributed by atoms with Gasteiger partial charge in [-0.1, -0.05) is 5.16 Å². The number of nitrogens with zero attached hydrogens (tertiary/aromatic N) is 2. The van der Waals surface area contributed by atoms with Gasteiger partial charge in [-0.3, -0.25) is 0 Å². The summed E-state index contributed by atoms with van der Waals surface area (Å²) in [6.07, 6.45) is 4.05. The Bertz CT molecular complexity index is 784. The van der Waals surface area contributed by atoms with Gasteiger partial charge < -0.3 is 20.0 Å². The molecule has 1 saturated carbocycles. The van der Waals surface area contributed by atoms with Crippen LogP contribution in [-0.2, 0) is 20.3 Å². The Morgan fingerprint density at radius 2 is 2.25 bits per heavy atom. The molecule has 0 bridgehead atoms. The second-order valence-corrected chi connectivity index (χ2v) is 7.34. The van der Waals surface area contributed by atoms with Gasteiger partial charge in [0.1, 0.15) is 10.6 Å². The third-order valence-corrected chi connectivity index (χ3v) is 5.35. The van der Waals surface area contributed by atoms with Crippen molar-refractivity contribution in [2.24, 2.45) is 5.73 Å². The first kappa shape index (κ1) is 18.9. The number of sulfonamides is 1. The van der Waals surface area contributed by atoms with Crippen molar-refractivity contribution in [2.75, 3.05) is 20.3 Å². The van der Waals surface area contributed by atoms with Gasteiger partial charge in [0, 0.05) is 19.9 Å². The Kier molecular flexibility index (Phi) is 5.66. The number of hydrogen-bond acceptors (Lipinski definition) is 7. The lowest BCUT2D eigenvalue weighted by atomic mass is 9.77. The summed E-state index contributed by atoms with van der Waals surface area (Å²) in [7, 11) is -2.11. The number of aromatic amines is 1. The summed E-state index contributed by atoms with van der Waals surface area (Å²) in [5.74, 6) is 0.672. The maximum atomic E-state index is 12.1. The fraction of sp³-hybridized carbons (Fsp3) is 0.538. The van der Waals surface area contributed by atoms with E-state index in [2.05, 4.69) is 19.8 Å². The second-order valence-electron chi connectivity index (χ2n) is 5.57. The first-order valence-corrected chi connectivity index (χ1v) is 8.73. The number of methoxy groups -OCH3 is 1. The lowest BCUT2D eigenvalue weighted by Crippen LogP contribution is -2.44. The predicted molar refractivity (Wildman–Crippen MR) is 88.1 cm³/mol. The minimum atomic E-state index is -3.61. The quantitative estimate of drug-likeness (QED) is 0.605. The van der Waals surface area contributed by atoms with Gasteiger partial charge in [-0.05, 0) is 25.3 Å². The van der Waals surface area contributed by atoms with Crippen molar-refractivity contribution in [2.45, 2.75) is 29.7 Å². The van der Waals surface area contributed by atoms with Crippen LogP contribution in [-0.4, -0.2) is 43.8 Å². The van der Waals surface area contributed by atoms with Crippen LogP contribution in [0.5, 0.6) is 0 Å². The van der Waals surface area contributed by atoms with E-state index in [9.17, 15) is 8.42 Å². The molecule has 0 radical (unpaired) electrons. The normalized spacial score (nSPS) is 16.4. The van der Waals surface area contributed by atoms with Crippen LogP contribution in [0.3, 0.4) is 0 Å². The summed E-state index contributed by atoms with van der Waals surface area (Å²) >= 11 is 0. The zero-order valence-corrected chi connectivity index (χ0v) is 14.7. The number of ether oxygens (including phenoxy) is 1. The monoisotopic (exact) mass is 377 g/mol. The molecule has 2 aromatic rings. The Morgan fingerprint density at radius 1 is 1.50 bits per heavy atom. The molecule has 0 spiro atoms. The fourth-order valence-electron chi connectivity index (χ4n) is 2.33. The van der Waals surface area contributed by atoms with E-state index < -0.39 is 15.6 Å². The summed E-state index contributed by atoms with van der Waals surface area (Å²) in [6.45, 7) is 0.488. The molecule has 2 aromatic heterocycles. The molecule has 9 nitrogen and oxygen atoms in total. The van der Waals surface area contributed by atoms with Crippen LogP contribution in [0.15, 0.2) is 21.7 Å². The van der Waals surface area contributed by atoms with E-state index in [4.69, 9.17) is 15.0 Å². The van der Waals surface area contributed by atoms with Crippen LogP contribution < -0.4 is 10.5 Å². The molecule has 1 fully saturated rings. The third kappa shape index (κ3) is 3.62. The summed E-state index contributed by atoms with van der Waals surface area (Å²) < 4.78 is 36.6. The molecule has 0 aromatic carbocycles. The second kappa shape index (κ2) is 7.19. The number of H-pyrrole nitrogens is 1. The van der Waals surface area contributed by atoms with E-state index in [0.717, 1.165) is 19.3 Å². The maximum absolute atomic E-state index is 12.1. The number of hydrogen-bond donors (Lipinski definition) is 3. The molecule has 24 heavy (non-hydrogen) atoms. The number of nitrogens with two attached hydrogens (primary N) is 1. The highest BCUT2D eigenvalue weighted by Crippen LogP contribution is 2.37. The van der Waals surface area contributed by atoms with Crippen molar-refractivity contribution < 1.29 is 17.7 Å². The van der Waals surface area contributed by atoms with Gasteiger partial charge in [0.25, 0.3) is 5.89 Å². The van der Waals surface area contributed by atoms with Gasteiger partial charge in [0.2, 0.25) is 10.0 Å². The van der Waals surface area contributed by atoms with E-state index in [1.54, 1.807) is 0 Å². The van der Waals surface area contributed by atoms with Gasteiger partial charge in [-0.15, -0.1) is 12.4 Å². The first-order valence-electron chi connectivity index (χ1n) is 7.25. The molecule has 1 aliphatic rings. The highest BCUT2D eigenvalue weighted by Gasteiger charge is 2.39. The van der Waals surface area contributed by atoms with Crippen LogP contribution >= 0.6 is 12.4 Å². The predicted octanol–water partition coefficient (Wildman–Crippen LogP) is 0.749. The molecule has 4 N–H and O–H groups in total. The SMILES string of the molecule is COCCNS(=O)(=O)c1c[nH]c(-c2nc(C3(N)CCC3)no2)c1.Cl. The van der Waals surface area contributed by atoms with Crippen molar-refractivity contribution in [1.29, 1.82) is 0 Å². The molecule has 2 heterocycles. The van der Waals surface area contributed by atoms with Crippen LogP contribution in [0.4, 0.5) is 0 Å². The topological polar surface area (TPSA) is 136 Å². The minimum Gasteiger partial charge on any atom is -0.383 e. The Hall–Kier alpha value is -1.46. The molecule has 0 saturated heterocycles. The molecule has 0 atom stereocenters. The van der Waals surface area contributed by atoms with Crippen molar-refractivity contribution >= 4 is 22.4 Å². The molecule has 3 rings (SSSR count). The van der Waals surface area contributed by atoms with E-state index in [1.807, 2.05) is 0 Å². The Labute approximate surface area is 145 Å². The largest absolute Gasteiger partial charge is 0.383 e. The maximum Gasteiger partial charge on any atom is 0.274 e. The van der Waals surface area contributed by atoms with Crippen LogP contribution in [0, 0.1) is 0 Å². The van der Waals surface area contributed by atoms with Crippen LogP contribution in [0.2, 0.25) is 0 Å². The smallest absolute Gasteiger partial charge is 0.274 e. The summed E-state index contributed by atoms with van der Waals surface area (Å²) in [4.78, 5) is 7.20. The zero-order valence-electron chi connectivity index (χ0n) is 13.1. The van der Waals surface area contributed by atoms with Crippen molar-refractivity contribution in [3.63, 3.8) is 0 Å². The Morgan fingerprint density at radius 3 is 2.88 bits per heavy atom. The van der Waals surface area contributed by atoms with Gasteiger partial charge in [-0.2, -0.15) is 4.98 Å². The van der Waals surface area contributed by atoms with Crippen LogP contribution in [0.25, 0.3) is 11.6 Å². The van der Waals surface area contributed by atoms with E-state index >= 15 is 0 Å². The standard InChI is InChI=1S/C13H19N5O4S.ClH/c1-21-6-5-16-23(19,20)9-7-10(15-8-9)11-17-12(18-22-11)13(14)3-2-4-13;/h7-8,15-16H,2-6,14H2,1H3;1H. The highest BCUT2D eigenvalue weighted by molar-refractivity contribution is 7.89. The molecule has 1 aliphatic carbocycles. The number of nitrogens with one attached hydrogen (secondary N) is 2. The molecule has 0 amide bonds. The lowest BCUT2D eigenvalue weighted by molar-refractivity contribution is 0.204. The molecule has 11 heteroatoms. The summed E-state index contributed by atoms with van der Waals surface area (Å²) in [5, 5.41) is 3.91. The molecule has 0 aliphatic heterocycles. The molecular formula is C13H20ClN5O4S. The zero-order chi connectivity index (χ0) is 16.5. The average Bonchev–Trinajstić information content (AvgIpc) is 3.14. The van der Waals surface area contributed by atoms with Gasteiger partial charge in [0.15, 0.2) is 5.82 Å². The van der Waals surface area contributed by atoms with Crippen molar-refractivity contribution in [1.82, 2.24) is 19.8 Å². The van der Waals surface area contributed by atoms with Gasteiger partial charge in [0.05, 0.1) is 12.1 Å². The van der Waals surface area contributed by atoms with Crippen molar-refractivity contribution in [3.05, 3.63) is 18.1 Å². The summed E-state index contributed by atoms with van der Waals surface area (Å²) in [6, 6.07) is 1.44. The van der Waals surface area contributed by atoms with Crippen LogP contribution in [0.1, 0.15) is 25.1 Å². The van der Waals surface area contributed by atoms with E-state index in [1.165, 1.54) is 19.4 Å². The fourth-order valence-corrected chi connectivity index (χ4v) is 3.34. The van der Waals surface area contributed by atoms with E-state index in [0.29, 0.717) is 18.1 Å². The molecule has 134 valence electrons. The average molecular weight is 378 g/mol. The first-order chi connectivity index (χ1) is 10.9. The Balaban J connectivity index is 0.00000208. The van der Waals surface area contributed by atoms with Crippen molar-refractivity contribution in [3.8, 4) is 11.6 Å². The third-order valence-electron chi connectivity index (χ3n) is 3.91. The number of rotatable bonds is 7. The number of aromatic nitrogens is 3. The van der Waals surface area contributed by atoms with Gasteiger partial charge in [-0.25, -0.2) is 13.1 Å². The summed E-state index contributed by atoms with van der Waals surface area (Å²) in [5.41, 5.74) is 6.05. The molecule has 0 unspecified atom stereocenters. The highest BCUT2D eigenvalue weighted by atomic mass is 35.5. The molecular weight excluding hydrogens is 358 g/mol. The lowest BCUT2D eigenvalue weighted by Gasteiger charge is -2.34. The minimum absolute atomic E-state index is 0.